The van der Waals surface area contributed by atoms with Gasteiger partial charge in [-0.15, -0.1) is 0 Å². The lowest BCUT2D eigenvalue weighted by molar-refractivity contribution is 0.548. The van der Waals surface area contributed by atoms with Crippen LogP contribution < -0.4 is 5.32 Å². The molecule has 0 amide bonds. The van der Waals surface area contributed by atoms with Crippen LogP contribution in [-0.2, 0) is 6.42 Å². The summed E-state index contributed by atoms with van der Waals surface area (Å²) in [4.78, 5) is 0. The van der Waals surface area contributed by atoms with E-state index >= 15 is 0 Å². The second kappa shape index (κ2) is 7.64. The Balaban J connectivity index is 2.32. The molecule has 0 bridgehead atoms. The summed E-state index contributed by atoms with van der Waals surface area (Å²) in [5.41, 5.74) is 2.37. The molecule has 0 fully saturated rings. The van der Waals surface area contributed by atoms with Crippen LogP contribution in [0.2, 0.25) is 10.0 Å². The molecule has 1 atom stereocenters. The van der Waals surface area contributed by atoms with Gasteiger partial charge in [0.15, 0.2) is 0 Å². The van der Waals surface area contributed by atoms with E-state index in [1.165, 1.54) is 9.13 Å². The van der Waals surface area contributed by atoms with Gasteiger partial charge in [0.1, 0.15) is 0 Å². The van der Waals surface area contributed by atoms with Gasteiger partial charge in [-0.3, -0.25) is 0 Å². The topological polar surface area (TPSA) is 12.0 Å². The molecular formula is C16H16Cl2IN. The highest BCUT2D eigenvalue weighted by atomic mass is 127. The number of benzene rings is 2. The van der Waals surface area contributed by atoms with Crippen molar-refractivity contribution in [1.82, 2.24) is 5.32 Å². The summed E-state index contributed by atoms with van der Waals surface area (Å²) in [5, 5.41) is 5.10. The molecule has 0 saturated carbocycles. The summed E-state index contributed by atoms with van der Waals surface area (Å²) in [6.45, 7) is 3.01. The lowest BCUT2D eigenvalue weighted by atomic mass is 9.99. The van der Waals surface area contributed by atoms with Crippen LogP contribution >= 0.6 is 45.8 Å². The van der Waals surface area contributed by atoms with Crippen molar-refractivity contribution in [2.24, 2.45) is 0 Å². The predicted octanol–water partition coefficient (Wildman–Crippen LogP) is 5.49. The molecule has 1 unspecified atom stereocenters. The highest BCUT2D eigenvalue weighted by Crippen LogP contribution is 2.28. The van der Waals surface area contributed by atoms with Gasteiger partial charge in [-0.1, -0.05) is 48.3 Å². The molecule has 2 rings (SSSR count). The number of hydrogen-bond acceptors (Lipinski definition) is 1. The molecule has 0 spiro atoms. The van der Waals surface area contributed by atoms with Gasteiger partial charge in [0.25, 0.3) is 0 Å². The fourth-order valence-electron chi connectivity index (χ4n) is 2.20. The van der Waals surface area contributed by atoms with E-state index in [1.807, 2.05) is 30.3 Å². The van der Waals surface area contributed by atoms with Crippen molar-refractivity contribution in [3.63, 3.8) is 0 Å². The van der Waals surface area contributed by atoms with Gasteiger partial charge < -0.3 is 5.32 Å². The zero-order valence-corrected chi connectivity index (χ0v) is 14.8. The molecule has 1 nitrogen and oxygen atoms in total. The Labute approximate surface area is 143 Å². The maximum Gasteiger partial charge on any atom is 0.0438 e. The van der Waals surface area contributed by atoms with Gasteiger partial charge in [0.2, 0.25) is 0 Å². The summed E-state index contributed by atoms with van der Waals surface area (Å²) in [6, 6.07) is 14.2. The Morgan fingerprint density at radius 1 is 1.15 bits per heavy atom. The van der Waals surface area contributed by atoms with E-state index in [4.69, 9.17) is 23.2 Å². The molecule has 0 aliphatic carbocycles. The van der Waals surface area contributed by atoms with Crippen LogP contribution in [-0.4, -0.2) is 6.54 Å². The smallest absolute Gasteiger partial charge is 0.0438 e. The zero-order valence-electron chi connectivity index (χ0n) is 11.2. The summed E-state index contributed by atoms with van der Waals surface area (Å²) < 4.78 is 1.21. The van der Waals surface area contributed by atoms with Crippen molar-refractivity contribution in [1.29, 1.82) is 0 Å². The molecule has 2 aromatic carbocycles. The number of halogens is 3. The lowest BCUT2D eigenvalue weighted by Gasteiger charge is -2.21. The summed E-state index contributed by atoms with van der Waals surface area (Å²) in [6.07, 6.45) is 0.851. The van der Waals surface area contributed by atoms with Crippen LogP contribution in [0.3, 0.4) is 0 Å². The first-order valence-corrected chi connectivity index (χ1v) is 8.37. The van der Waals surface area contributed by atoms with Crippen molar-refractivity contribution >= 4 is 45.8 Å². The van der Waals surface area contributed by atoms with Crippen molar-refractivity contribution in [2.45, 2.75) is 19.4 Å². The molecule has 20 heavy (non-hydrogen) atoms. The summed E-state index contributed by atoms with van der Waals surface area (Å²) in [7, 11) is 0. The Kier molecular flexibility index (Phi) is 6.15. The Morgan fingerprint density at radius 2 is 1.90 bits per heavy atom. The van der Waals surface area contributed by atoms with Crippen molar-refractivity contribution in [2.75, 3.05) is 6.54 Å². The zero-order chi connectivity index (χ0) is 14.5. The maximum atomic E-state index is 6.27. The fourth-order valence-corrected chi connectivity index (χ4v) is 3.31. The minimum absolute atomic E-state index is 0.213. The SMILES string of the molecule is CCNC(Cc1ccccc1Cl)c1cc(Cl)ccc1I. The second-order valence-electron chi connectivity index (χ2n) is 4.57. The van der Waals surface area contributed by atoms with Crippen LogP contribution in [0, 0.1) is 3.57 Å². The molecule has 1 N–H and O–H groups in total. The van der Waals surface area contributed by atoms with E-state index in [0.29, 0.717) is 0 Å². The van der Waals surface area contributed by atoms with Gasteiger partial charge in [0.05, 0.1) is 0 Å². The quantitative estimate of drug-likeness (QED) is 0.631. The average Bonchev–Trinajstić information content (AvgIpc) is 2.43. The van der Waals surface area contributed by atoms with Crippen LogP contribution in [0.25, 0.3) is 0 Å². The minimum atomic E-state index is 0.213. The van der Waals surface area contributed by atoms with E-state index in [2.05, 4.69) is 47.0 Å². The molecule has 4 heteroatoms. The van der Waals surface area contributed by atoms with Gasteiger partial charge in [0, 0.05) is 19.7 Å². The van der Waals surface area contributed by atoms with Crippen molar-refractivity contribution < 1.29 is 0 Å². The van der Waals surface area contributed by atoms with Crippen LogP contribution in [0.15, 0.2) is 42.5 Å². The summed E-state index contributed by atoms with van der Waals surface area (Å²) >= 11 is 14.8. The molecular weight excluding hydrogens is 404 g/mol. The second-order valence-corrected chi connectivity index (χ2v) is 6.58. The molecule has 0 saturated heterocycles. The van der Waals surface area contributed by atoms with E-state index in [1.54, 1.807) is 0 Å². The van der Waals surface area contributed by atoms with E-state index in [0.717, 1.165) is 28.6 Å². The number of rotatable bonds is 5. The monoisotopic (exact) mass is 419 g/mol. The molecule has 0 aliphatic heterocycles. The minimum Gasteiger partial charge on any atom is -0.310 e. The third-order valence-corrected chi connectivity index (χ3v) is 4.75. The van der Waals surface area contributed by atoms with Gasteiger partial charge in [-0.2, -0.15) is 0 Å². The Bertz CT molecular complexity index is 586. The summed E-state index contributed by atoms with van der Waals surface area (Å²) in [5.74, 6) is 0. The number of likely N-dealkylation sites (N-methyl/N-ethyl adjacent to an activating group) is 1. The molecule has 0 heterocycles. The molecule has 2 aromatic rings. The van der Waals surface area contributed by atoms with Crippen molar-refractivity contribution in [3.8, 4) is 0 Å². The standard InChI is InChI=1S/C16H16Cl2IN/c1-2-20-16(9-11-5-3-4-6-14(11)18)13-10-12(17)7-8-15(13)19/h3-8,10,16,20H,2,9H2,1H3. The van der Waals surface area contributed by atoms with E-state index in [9.17, 15) is 0 Å². The first-order chi connectivity index (χ1) is 9.61. The Hall–Kier alpha value is -0.290. The first-order valence-electron chi connectivity index (χ1n) is 6.53. The number of nitrogens with one attached hydrogen (secondary N) is 1. The van der Waals surface area contributed by atoms with Gasteiger partial charge >= 0.3 is 0 Å². The largest absolute Gasteiger partial charge is 0.310 e. The van der Waals surface area contributed by atoms with Crippen LogP contribution in [0.5, 0.6) is 0 Å². The number of hydrogen-bond donors (Lipinski definition) is 1. The van der Waals surface area contributed by atoms with Crippen LogP contribution in [0.1, 0.15) is 24.1 Å². The highest BCUT2D eigenvalue weighted by molar-refractivity contribution is 14.1. The van der Waals surface area contributed by atoms with Crippen LogP contribution in [0.4, 0.5) is 0 Å². The van der Waals surface area contributed by atoms with E-state index < -0.39 is 0 Å². The molecule has 106 valence electrons. The normalized spacial score (nSPS) is 12.4. The molecule has 0 radical (unpaired) electrons. The average molecular weight is 420 g/mol. The maximum absolute atomic E-state index is 6.27. The third kappa shape index (κ3) is 4.10. The van der Waals surface area contributed by atoms with E-state index in [-0.39, 0.29) is 6.04 Å². The fraction of sp³-hybridized carbons (Fsp3) is 0.250. The molecule has 0 aliphatic rings. The molecule has 0 aromatic heterocycles. The van der Waals surface area contributed by atoms with Crippen molar-refractivity contribution in [3.05, 3.63) is 67.2 Å². The van der Waals surface area contributed by atoms with Gasteiger partial charge in [-0.25, -0.2) is 0 Å². The first kappa shape index (κ1) is 16.1. The van der Waals surface area contributed by atoms with Gasteiger partial charge in [-0.05, 0) is 70.9 Å². The lowest BCUT2D eigenvalue weighted by Crippen LogP contribution is -2.24. The Morgan fingerprint density at radius 3 is 2.60 bits per heavy atom. The third-order valence-electron chi connectivity index (χ3n) is 3.17. The highest BCUT2D eigenvalue weighted by Gasteiger charge is 2.16. The predicted molar refractivity (Wildman–Crippen MR) is 95.7 cm³/mol.